The summed E-state index contributed by atoms with van der Waals surface area (Å²) in [6, 6.07) is 9.10. The summed E-state index contributed by atoms with van der Waals surface area (Å²) in [7, 11) is 1.66. The molecule has 0 radical (unpaired) electrons. The number of hydrogen-bond acceptors (Lipinski definition) is 3. The first-order valence-electron chi connectivity index (χ1n) is 9.53. The fraction of sp³-hybridized carbons (Fsp3) is 0.500. The molecule has 2 unspecified atom stereocenters. The van der Waals surface area contributed by atoms with Gasteiger partial charge in [0.05, 0.1) is 23.8 Å². The van der Waals surface area contributed by atoms with E-state index < -0.39 is 0 Å². The SMILES string of the molecule is COc1ccc(CCNC(=O)N2C3CCC2CC(n2cc(Br)cn2)C3)cc1. The number of benzene rings is 1. The molecule has 0 saturated carbocycles. The van der Waals surface area contributed by atoms with E-state index in [2.05, 4.69) is 31.2 Å². The molecule has 3 heterocycles. The van der Waals surface area contributed by atoms with Gasteiger partial charge in [-0.2, -0.15) is 5.10 Å². The van der Waals surface area contributed by atoms with Crippen LogP contribution in [0.25, 0.3) is 0 Å². The van der Waals surface area contributed by atoms with Crippen molar-refractivity contribution in [2.24, 2.45) is 0 Å². The van der Waals surface area contributed by atoms with Crippen molar-refractivity contribution in [2.45, 2.75) is 50.2 Å². The lowest BCUT2D eigenvalue weighted by Gasteiger charge is -2.39. The molecule has 0 spiro atoms. The van der Waals surface area contributed by atoms with Gasteiger partial charge >= 0.3 is 6.03 Å². The van der Waals surface area contributed by atoms with E-state index in [0.29, 0.717) is 24.7 Å². The number of amides is 2. The lowest BCUT2D eigenvalue weighted by Crippen LogP contribution is -2.51. The molecule has 2 aliphatic heterocycles. The summed E-state index contributed by atoms with van der Waals surface area (Å²) in [5.74, 6) is 0.853. The Morgan fingerprint density at radius 3 is 2.52 bits per heavy atom. The molecular formula is C20H25BrN4O2. The van der Waals surface area contributed by atoms with Gasteiger partial charge in [0.1, 0.15) is 5.75 Å². The number of carbonyl (C=O) groups is 1. The molecule has 1 aromatic heterocycles. The van der Waals surface area contributed by atoms with Gasteiger partial charge in [-0.15, -0.1) is 0 Å². The van der Waals surface area contributed by atoms with Gasteiger partial charge in [-0.3, -0.25) is 4.68 Å². The summed E-state index contributed by atoms with van der Waals surface area (Å²) in [6.07, 6.45) is 8.84. The molecule has 2 aliphatic rings. The Balaban J connectivity index is 1.30. The third-order valence-electron chi connectivity index (χ3n) is 5.74. The summed E-state index contributed by atoms with van der Waals surface area (Å²) in [5.41, 5.74) is 1.20. The van der Waals surface area contributed by atoms with E-state index in [1.807, 2.05) is 41.3 Å². The van der Waals surface area contributed by atoms with E-state index >= 15 is 0 Å². The first kappa shape index (κ1) is 18.3. The summed E-state index contributed by atoms with van der Waals surface area (Å²) in [4.78, 5) is 14.8. The van der Waals surface area contributed by atoms with Crippen molar-refractivity contribution in [3.05, 3.63) is 46.7 Å². The highest BCUT2D eigenvalue weighted by molar-refractivity contribution is 9.10. The van der Waals surface area contributed by atoms with Crippen LogP contribution in [-0.2, 0) is 6.42 Å². The van der Waals surface area contributed by atoms with Crippen LogP contribution in [-0.4, -0.2) is 46.4 Å². The van der Waals surface area contributed by atoms with Crippen LogP contribution in [0.4, 0.5) is 4.79 Å². The number of carbonyl (C=O) groups excluding carboxylic acids is 1. The number of piperidine rings is 1. The van der Waals surface area contributed by atoms with E-state index in [4.69, 9.17) is 4.74 Å². The van der Waals surface area contributed by atoms with E-state index in [-0.39, 0.29) is 6.03 Å². The Bertz CT molecular complexity index is 778. The molecule has 2 fully saturated rings. The van der Waals surface area contributed by atoms with Gasteiger partial charge in [0.15, 0.2) is 0 Å². The van der Waals surface area contributed by atoms with Crippen molar-refractivity contribution < 1.29 is 9.53 Å². The lowest BCUT2D eigenvalue weighted by atomic mass is 9.98. The molecule has 1 N–H and O–H groups in total. The van der Waals surface area contributed by atoms with Gasteiger partial charge in [-0.1, -0.05) is 12.1 Å². The van der Waals surface area contributed by atoms with Crippen molar-refractivity contribution in [2.75, 3.05) is 13.7 Å². The minimum atomic E-state index is 0.0797. The van der Waals surface area contributed by atoms with Gasteiger partial charge < -0.3 is 15.0 Å². The summed E-state index contributed by atoms with van der Waals surface area (Å²) >= 11 is 3.47. The van der Waals surface area contributed by atoms with E-state index in [1.165, 1.54) is 5.56 Å². The number of halogens is 1. The van der Waals surface area contributed by atoms with E-state index in [9.17, 15) is 4.79 Å². The zero-order valence-corrected chi connectivity index (χ0v) is 17.1. The topological polar surface area (TPSA) is 59.4 Å². The fourth-order valence-corrected chi connectivity index (χ4v) is 4.71. The van der Waals surface area contributed by atoms with Crippen molar-refractivity contribution in [1.82, 2.24) is 20.0 Å². The molecule has 0 aliphatic carbocycles. The smallest absolute Gasteiger partial charge is 0.317 e. The molecule has 2 bridgehead atoms. The molecule has 144 valence electrons. The Labute approximate surface area is 168 Å². The molecule has 2 saturated heterocycles. The van der Waals surface area contributed by atoms with Crippen LogP contribution in [0.3, 0.4) is 0 Å². The number of ether oxygens (including phenoxy) is 1. The number of hydrogen-bond donors (Lipinski definition) is 1. The number of urea groups is 1. The maximum Gasteiger partial charge on any atom is 0.317 e. The first-order valence-corrected chi connectivity index (χ1v) is 10.3. The highest BCUT2D eigenvalue weighted by atomic mass is 79.9. The molecule has 4 rings (SSSR count). The third-order valence-corrected chi connectivity index (χ3v) is 6.15. The first-order chi connectivity index (χ1) is 13.1. The van der Waals surface area contributed by atoms with Crippen LogP contribution in [0.1, 0.15) is 37.3 Å². The standard InChI is InChI=1S/C20H25BrN4O2/c1-27-19-6-2-14(3-7-19)8-9-22-20(26)25-16-4-5-17(25)11-18(10-16)24-13-15(21)12-23-24/h2-3,6-7,12-13,16-18H,4-5,8-11H2,1H3,(H,22,26). The fourth-order valence-electron chi connectivity index (χ4n) is 4.41. The molecule has 2 aromatic rings. The van der Waals surface area contributed by atoms with Crippen LogP contribution in [0, 0.1) is 0 Å². The Morgan fingerprint density at radius 2 is 1.93 bits per heavy atom. The van der Waals surface area contributed by atoms with Gasteiger partial charge in [-0.25, -0.2) is 4.79 Å². The summed E-state index contributed by atoms with van der Waals surface area (Å²) in [5, 5.41) is 7.56. The van der Waals surface area contributed by atoms with E-state index in [1.54, 1.807) is 7.11 Å². The zero-order valence-electron chi connectivity index (χ0n) is 15.5. The maximum atomic E-state index is 12.8. The van der Waals surface area contributed by atoms with Crippen LogP contribution < -0.4 is 10.1 Å². The monoisotopic (exact) mass is 432 g/mol. The predicted molar refractivity (Wildman–Crippen MR) is 107 cm³/mol. The molecule has 2 amide bonds. The molecule has 27 heavy (non-hydrogen) atoms. The third kappa shape index (κ3) is 3.98. The number of nitrogens with zero attached hydrogens (tertiary/aromatic N) is 3. The van der Waals surface area contributed by atoms with Gasteiger partial charge in [0, 0.05) is 24.8 Å². The Hall–Kier alpha value is -2.02. The van der Waals surface area contributed by atoms with Crippen molar-refractivity contribution in [1.29, 1.82) is 0 Å². The highest BCUT2D eigenvalue weighted by Crippen LogP contribution is 2.40. The second kappa shape index (κ2) is 7.92. The number of nitrogens with one attached hydrogen (secondary N) is 1. The highest BCUT2D eigenvalue weighted by Gasteiger charge is 2.43. The Kier molecular flexibility index (Phi) is 5.38. The average molecular weight is 433 g/mol. The van der Waals surface area contributed by atoms with Gasteiger partial charge in [-0.05, 0) is 65.7 Å². The second-order valence-corrected chi connectivity index (χ2v) is 8.30. The second-order valence-electron chi connectivity index (χ2n) is 7.39. The molecular weight excluding hydrogens is 408 g/mol. The van der Waals surface area contributed by atoms with Crippen LogP contribution in [0.15, 0.2) is 41.1 Å². The molecule has 6 nitrogen and oxygen atoms in total. The largest absolute Gasteiger partial charge is 0.497 e. The average Bonchev–Trinajstić information content (AvgIpc) is 3.23. The quantitative estimate of drug-likeness (QED) is 0.781. The van der Waals surface area contributed by atoms with E-state index in [0.717, 1.165) is 42.3 Å². The zero-order chi connectivity index (χ0) is 18.8. The summed E-state index contributed by atoms with van der Waals surface area (Å²) < 4.78 is 8.24. The number of methoxy groups -OCH3 is 1. The molecule has 2 atom stereocenters. The van der Waals surface area contributed by atoms with Crippen molar-refractivity contribution >= 4 is 22.0 Å². The number of fused-ring (bicyclic) bond motifs is 2. The summed E-state index contributed by atoms with van der Waals surface area (Å²) in [6.45, 7) is 0.649. The minimum absolute atomic E-state index is 0.0797. The van der Waals surface area contributed by atoms with Crippen molar-refractivity contribution in [3.8, 4) is 5.75 Å². The maximum absolute atomic E-state index is 12.8. The molecule has 7 heteroatoms. The lowest BCUT2D eigenvalue weighted by molar-refractivity contribution is 0.120. The number of aromatic nitrogens is 2. The van der Waals surface area contributed by atoms with Crippen LogP contribution >= 0.6 is 15.9 Å². The van der Waals surface area contributed by atoms with Gasteiger partial charge in [0.2, 0.25) is 0 Å². The molecule has 1 aromatic carbocycles. The van der Waals surface area contributed by atoms with Crippen LogP contribution in [0.5, 0.6) is 5.75 Å². The van der Waals surface area contributed by atoms with Gasteiger partial charge in [0.25, 0.3) is 0 Å². The van der Waals surface area contributed by atoms with Crippen molar-refractivity contribution in [3.63, 3.8) is 0 Å². The Morgan fingerprint density at radius 1 is 1.22 bits per heavy atom. The predicted octanol–water partition coefficient (Wildman–Crippen LogP) is 3.77. The minimum Gasteiger partial charge on any atom is -0.497 e. The normalized spacial score (nSPS) is 24.1. The van der Waals surface area contributed by atoms with Crippen LogP contribution in [0.2, 0.25) is 0 Å². The number of rotatable bonds is 5.